The molecule has 2 aromatic rings. The lowest BCUT2D eigenvalue weighted by Gasteiger charge is -2.21. The van der Waals surface area contributed by atoms with Crippen LogP contribution in [-0.4, -0.2) is 48.4 Å². The van der Waals surface area contributed by atoms with Crippen molar-refractivity contribution in [3.63, 3.8) is 0 Å². The van der Waals surface area contributed by atoms with Crippen molar-refractivity contribution < 1.29 is 18.3 Å². The number of hydrogen-bond acceptors (Lipinski definition) is 5. The van der Waals surface area contributed by atoms with Gasteiger partial charge in [-0.1, -0.05) is 30.3 Å². The normalized spacial score (nSPS) is 17.3. The Bertz CT molecular complexity index is 921. The summed E-state index contributed by atoms with van der Waals surface area (Å²) in [5.41, 5.74) is 1.78. The maximum absolute atomic E-state index is 12.8. The van der Waals surface area contributed by atoms with E-state index in [0.717, 1.165) is 16.9 Å². The van der Waals surface area contributed by atoms with E-state index in [0.29, 0.717) is 25.9 Å². The fourth-order valence-corrected chi connectivity index (χ4v) is 4.73. The zero-order chi connectivity index (χ0) is 20.7. The van der Waals surface area contributed by atoms with Crippen molar-refractivity contribution in [2.45, 2.75) is 31.7 Å². The van der Waals surface area contributed by atoms with E-state index in [1.165, 1.54) is 4.31 Å². The number of rotatable bonds is 9. The van der Waals surface area contributed by atoms with Gasteiger partial charge >= 0.3 is 5.97 Å². The van der Waals surface area contributed by atoms with Gasteiger partial charge in [0.25, 0.3) is 10.2 Å². The summed E-state index contributed by atoms with van der Waals surface area (Å²) in [7, 11) is -3.65. The van der Waals surface area contributed by atoms with Gasteiger partial charge < -0.3 is 10.4 Å². The fourth-order valence-electron chi connectivity index (χ4n) is 3.49. The Morgan fingerprint density at radius 2 is 1.97 bits per heavy atom. The Labute approximate surface area is 171 Å². The van der Waals surface area contributed by atoms with Gasteiger partial charge in [-0.05, 0) is 42.0 Å². The number of nitrogens with zero attached hydrogens (tertiary/aromatic N) is 2. The van der Waals surface area contributed by atoms with Crippen molar-refractivity contribution in [2.75, 3.05) is 25.0 Å². The van der Waals surface area contributed by atoms with E-state index in [9.17, 15) is 18.3 Å². The van der Waals surface area contributed by atoms with Crippen LogP contribution in [0, 0.1) is 0 Å². The van der Waals surface area contributed by atoms with Crippen molar-refractivity contribution in [2.24, 2.45) is 0 Å². The molecule has 8 nitrogen and oxygen atoms in total. The Balaban J connectivity index is 1.57. The molecule has 9 heteroatoms. The number of carbonyl (C=O) groups is 1. The van der Waals surface area contributed by atoms with Crippen LogP contribution in [0.4, 0.5) is 5.82 Å². The van der Waals surface area contributed by atoms with Gasteiger partial charge in [0, 0.05) is 32.4 Å². The largest absolute Gasteiger partial charge is 0.481 e. The Hall–Kier alpha value is -2.49. The van der Waals surface area contributed by atoms with Crippen LogP contribution in [0.15, 0.2) is 48.7 Å². The van der Waals surface area contributed by atoms with Crippen LogP contribution in [0.5, 0.6) is 0 Å². The number of nitrogens with one attached hydrogen (secondary N) is 2. The number of carboxylic acids is 1. The highest BCUT2D eigenvalue weighted by Crippen LogP contribution is 2.31. The third-order valence-electron chi connectivity index (χ3n) is 4.94. The van der Waals surface area contributed by atoms with Gasteiger partial charge in [-0.3, -0.25) is 4.79 Å². The molecule has 0 radical (unpaired) electrons. The molecule has 0 bridgehead atoms. The van der Waals surface area contributed by atoms with Gasteiger partial charge in [-0.2, -0.15) is 12.7 Å². The predicted molar refractivity (Wildman–Crippen MR) is 111 cm³/mol. The number of fused-ring (bicyclic) bond motifs is 1. The Morgan fingerprint density at radius 3 is 2.72 bits per heavy atom. The SMILES string of the molecule is O=C(O)CC1CCN(S(=O)(=O)NCCCNc2ccccn2)Cc2ccccc21. The lowest BCUT2D eigenvalue weighted by molar-refractivity contribution is -0.137. The maximum atomic E-state index is 12.8. The zero-order valence-electron chi connectivity index (χ0n) is 16.1. The minimum atomic E-state index is -3.65. The molecule has 0 aliphatic carbocycles. The number of aromatic nitrogens is 1. The summed E-state index contributed by atoms with van der Waals surface area (Å²) >= 11 is 0. The quantitative estimate of drug-likeness (QED) is 0.538. The summed E-state index contributed by atoms with van der Waals surface area (Å²) < 4.78 is 29.6. The van der Waals surface area contributed by atoms with Crippen molar-refractivity contribution >= 4 is 22.0 Å². The number of carboxylic acid groups (broad SMARTS) is 1. The summed E-state index contributed by atoms with van der Waals surface area (Å²) in [6.07, 6.45) is 2.78. The first-order valence-corrected chi connectivity index (χ1v) is 11.1. The lowest BCUT2D eigenvalue weighted by atomic mass is 9.90. The Morgan fingerprint density at radius 1 is 1.17 bits per heavy atom. The third-order valence-corrected chi connectivity index (χ3v) is 6.50. The molecular formula is C20H26N4O4S. The maximum Gasteiger partial charge on any atom is 0.303 e. The molecule has 1 aliphatic heterocycles. The molecule has 1 unspecified atom stereocenters. The number of pyridine rings is 1. The predicted octanol–water partition coefficient (Wildman–Crippen LogP) is 2.18. The highest BCUT2D eigenvalue weighted by molar-refractivity contribution is 7.87. The minimum absolute atomic E-state index is 0.00246. The smallest absolute Gasteiger partial charge is 0.303 e. The first-order chi connectivity index (χ1) is 14.0. The lowest BCUT2D eigenvalue weighted by Crippen LogP contribution is -2.41. The van der Waals surface area contributed by atoms with E-state index in [1.54, 1.807) is 6.20 Å². The van der Waals surface area contributed by atoms with E-state index in [2.05, 4.69) is 15.0 Å². The fraction of sp³-hybridized carbons (Fsp3) is 0.400. The molecule has 1 aromatic heterocycles. The summed E-state index contributed by atoms with van der Waals surface area (Å²) in [4.78, 5) is 15.4. The second-order valence-electron chi connectivity index (χ2n) is 7.01. The minimum Gasteiger partial charge on any atom is -0.481 e. The average molecular weight is 419 g/mol. The van der Waals surface area contributed by atoms with Gasteiger partial charge in [0.15, 0.2) is 0 Å². The molecule has 0 spiro atoms. The second-order valence-corrected chi connectivity index (χ2v) is 8.77. The molecule has 3 rings (SSSR count). The van der Waals surface area contributed by atoms with E-state index >= 15 is 0 Å². The highest BCUT2D eigenvalue weighted by atomic mass is 32.2. The number of hydrogen-bond donors (Lipinski definition) is 3. The van der Waals surface area contributed by atoms with Crippen molar-refractivity contribution in [3.8, 4) is 0 Å². The Kier molecular flexibility index (Phi) is 7.18. The molecule has 1 aromatic carbocycles. The molecule has 2 heterocycles. The van der Waals surface area contributed by atoms with Crippen molar-refractivity contribution in [1.82, 2.24) is 14.0 Å². The molecule has 156 valence electrons. The summed E-state index contributed by atoms with van der Waals surface area (Å²) in [6.45, 7) is 1.43. The van der Waals surface area contributed by atoms with Gasteiger partial charge in [-0.25, -0.2) is 9.71 Å². The highest BCUT2D eigenvalue weighted by Gasteiger charge is 2.29. The van der Waals surface area contributed by atoms with E-state index < -0.39 is 16.2 Å². The summed E-state index contributed by atoms with van der Waals surface area (Å²) in [5.74, 6) is -0.310. The van der Waals surface area contributed by atoms with E-state index in [1.807, 2.05) is 42.5 Å². The molecule has 0 saturated carbocycles. The van der Waals surface area contributed by atoms with Crippen LogP contribution in [0.3, 0.4) is 0 Å². The summed E-state index contributed by atoms with van der Waals surface area (Å²) in [6, 6.07) is 13.1. The van der Waals surface area contributed by atoms with E-state index in [-0.39, 0.29) is 25.4 Å². The van der Waals surface area contributed by atoms with Gasteiger partial charge in [0.2, 0.25) is 0 Å². The van der Waals surface area contributed by atoms with Crippen molar-refractivity contribution in [1.29, 1.82) is 0 Å². The van der Waals surface area contributed by atoms with Crippen LogP contribution in [0.1, 0.15) is 36.3 Å². The monoisotopic (exact) mass is 418 g/mol. The first kappa shape index (κ1) is 21.2. The van der Waals surface area contributed by atoms with Crippen molar-refractivity contribution in [3.05, 3.63) is 59.8 Å². The molecule has 0 fully saturated rings. The number of anilines is 1. The van der Waals surface area contributed by atoms with Crippen LogP contribution in [-0.2, 0) is 21.5 Å². The molecular weight excluding hydrogens is 392 g/mol. The van der Waals surface area contributed by atoms with E-state index in [4.69, 9.17) is 0 Å². The molecule has 1 aliphatic rings. The van der Waals surface area contributed by atoms with Crippen LogP contribution in [0.2, 0.25) is 0 Å². The molecule has 29 heavy (non-hydrogen) atoms. The summed E-state index contributed by atoms with van der Waals surface area (Å²) in [5, 5.41) is 12.3. The topological polar surface area (TPSA) is 112 Å². The number of benzene rings is 1. The second kappa shape index (κ2) is 9.82. The van der Waals surface area contributed by atoms with Gasteiger partial charge in [0.1, 0.15) is 5.82 Å². The zero-order valence-corrected chi connectivity index (χ0v) is 16.9. The van der Waals surface area contributed by atoms with Crippen LogP contribution >= 0.6 is 0 Å². The number of aliphatic carboxylic acids is 1. The van der Waals surface area contributed by atoms with Gasteiger partial charge in [-0.15, -0.1) is 0 Å². The molecule has 3 N–H and O–H groups in total. The average Bonchev–Trinajstić information content (AvgIpc) is 2.88. The standard InChI is InChI=1S/C20H26N4O4S/c25-20(26)14-16-9-13-24(15-17-6-1-2-7-18(16)17)29(27,28)23-12-5-11-22-19-8-3-4-10-21-19/h1-4,6-8,10,16,23H,5,9,11-15H2,(H,21,22)(H,25,26). The third kappa shape index (κ3) is 5.99. The molecule has 0 amide bonds. The van der Waals surface area contributed by atoms with Crippen LogP contribution in [0.25, 0.3) is 0 Å². The molecule has 1 atom stereocenters. The molecule has 0 saturated heterocycles. The van der Waals surface area contributed by atoms with Crippen LogP contribution < -0.4 is 10.0 Å². The van der Waals surface area contributed by atoms with Gasteiger partial charge in [0.05, 0.1) is 6.42 Å². The first-order valence-electron chi connectivity index (χ1n) is 9.65.